The number of aromatic nitrogens is 3. The first-order chi connectivity index (χ1) is 12.1. The van der Waals surface area contributed by atoms with Gasteiger partial charge in [0.05, 0.1) is 11.7 Å². The molecular formula is C18H19ClN4S2. The molecule has 0 saturated heterocycles. The van der Waals surface area contributed by atoms with Crippen molar-refractivity contribution in [3.05, 3.63) is 55.9 Å². The molecule has 0 amide bonds. The highest BCUT2D eigenvalue weighted by atomic mass is 35.5. The monoisotopic (exact) mass is 390 g/mol. The molecule has 1 aromatic carbocycles. The highest BCUT2D eigenvalue weighted by molar-refractivity contribution is 7.71. The standard InChI is InChI=1S/C18H19ClN4S2/c1-12-13-8-10-25-16(13)7-9-22(12)11-23-18(24)21(2)17(20-23)14-5-3-4-6-15(14)19/h3-6,8,10,12H,7,9,11H2,1-2H3/t12-/m0/s1. The zero-order valence-electron chi connectivity index (χ0n) is 14.1. The molecule has 1 atom stereocenters. The normalized spacial score (nSPS) is 17.6. The van der Waals surface area contributed by atoms with Gasteiger partial charge in [-0.3, -0.25) is 4.90 Å². The maximum absolute atomic E-state index is 6.35. The Labute approximate surface area is 161 Å². The highest BCUT2D eigenvalue weighted by Crippen LogP contribution is 2.33. The van der Waals surface area contributed by atoms with Crippen molar-refractivity contribution < 1.29 is 0 Å². The van der Waals surface area contributed by atoms with E-state index in [0.29, 0.717) is 22.5 Å². The van der Waals surface area contributed by atoms with Crippen LogP contribution in [-0.4, -0.2) is 25.8 Å². The van der Waals surface area contributed by atoms with Crippen LogP contribution in [0.3, 0.4) is 0 Å². The fraction of sp³-hybridized carbons (Fsp3) is 0.333. The van der Waals surface area contributed by atoms with Gasteiger partial charge >= 0.3 is 0 Å². The molecule has 0 aliphatic carbocycles. The number of fused-ring (bicyclic) bond motifs is 1. The molecule has 130 valence electrons. The van der Waals surface area contributed by atoms with E-state index in [2.05, 4.69) is 23.3 Å². The average Bonchev–Trinajstić information content (AvgIpc) is 3.19. The zero-order valence-corrected chi connectivity index (χ0v) is 16.5. The van der Waals surface area contributed by atoms with Crippen molar-refractivity contribution in [1.29, 1.82) is 0 Å². The van der Waals surface area contributed by atoms with Crippen LogP contribution in [0.5, 0.6) is 0 Å². The predicted molar refractivity (Wildman–Crippen MR) is 106 cm³/mol. The Morgan fingerprint density at radius 2 is 2.12 bits per heavy atom. The van der Waals surface area contributed by atoms with Crippen LogP contribution in [0, 0.1) is 4.77 Å². The van der Waals surface area contributed by atoms with Crippen molar-refractivity contribution in [2.45, 2.75) is 26.1 Å². The first-order valence-corrected chi connectivity index (χ1v) is 9.92. The molecule has 3 heterocycles. The molecule has 0 radical (unpaired) electrons. The summed E-state index contributed by atoms with van der Waals surface area (Å²) in [6.45, 7) is 3.97. The van der Waals surface area contributed by atoms with E-state index >= 15 is 0 Å². The summed E-state index contributed by atoms with van der Waals surface area (Å²) in [5, 5.41) is 7.64. The Balaban J connectivity index is 1.66. The number of benzene rings is 1. The van der Waals surface area contributed by atoms with Crippen molar-refractivity contribution in [3.8, 4) is 11.4 Å². The molecule has 4 nitrogen and oxygen atoms in total. The maximum Gasteiger partial charge on any atom is 0.199 e. The third-order valence-electron chi connectivity index (χ3n) is 4.88. The lowest BCUT2D eigenvalue weighted by Crippen LogP contribution is -2.35. The minimum atomic E-state index is 0.377. The van der Waals surface area contributed by atoms with Crippen molar-refractivity contribution in [2.24, 2.45) is 7.05 Å². The van der Waals surface area contributed by atoms with Gasteiger partial charge in [-0.15, -0.1) is 11.3 Å². The minimum absolute atomic E-state index is 0.377. The molecule has 4 rings (SSSR count). The van der Waals surface area contributed by atoms with Gasteiger partial charge in [-0.1, -0.05) is 23.7 Å². The lowest BCUT2D eigenvalue weighted by Gasteiger charge is -2.33. The van der Waals surface area contributed by atoms with Crippen LogP contribution in [0.1, 0.15) is 23.4 Å². The Hall–Kier alpha value is -1.47. The summed E-state index contributed by atoms with van der Waals surface area (Å²) in [6, 6.07) is 10.4. The number of hydrogen-bond donors (Lipinski definition) is 0. The SMILES string of the molecule is C[C@H]1c2ccsc2CCN1Cn1nc(-c2ccccc2Cl)n(C)c1=S. The van der Waals surface area contributed by atoms with Gasteiger partial charge in [-0.2, -0.15) is 5.10 Å². The first kappa shape index (κ1) is 17.0. The summed E-state index contributed by atoms with van der Waals surface area (Å²) in [5.41, 5.74) is 2.34. The van der Waals surface area contributed by atoms with Gasteiger partial charge in [0, 0.05) is 30.1 Å². The van der Waals surface area contributed by atoms with E-state index in [4.69, 9.17) is 28.9 Å². The quantitative estimate of drug-likeness (QED) is 0.594. The topological polar surface area (TPSA) is 26.0 Å². The Bertz CT molecular complexity index is 972. The van der Waals surface area contributed by atoms with Gasteiger partial charge in [0.15, 0.2) is 10.6 Å². The molecule has 2 aromatic heterocycles. The summed E-state index contributed by atoms with van der Waals surface area (Å²) in [5.74, 6) is 0.802. The van der Waals surface area contributed by atoms with Crippen LogP contribution in [0.2, 0.25) is 5.02 Å². The lowest BCUT2D eigenvalue weighted by atomic mass is 10.0. The van der Waals surface area contributed by atoms with Gasteiger partial charge in [0.1, 0.15) is 0 Å². The van der Waals surface area contributed by atoms with Crippen molar-refractivity contribution in [1.82, 2.24) is 19.2 Å². The molecule has 1 aliphatic heterocycles. The second-order valence-electron chi connectivity index (χ2n) is 6.32. The summed E-state index contributed by atoms with van der Waals surface area (Å²) in [4.78, 5) is 3.93. The van der Waals surface area contributed by atoms with Gasteiger partial charge in [-0.25, -0.2) is 4.68 Å². The van der Waals surface area contributed by atoms with Gasteiger partial charge < -0.3 is 4.57 Å². The largest absolute Gasteiger partial charge is 0.303 e. The molecule has 0 unspecified atom stereocenters. The van der Waals surface area contributed by atoms with Crippen molar-refractivity contribution in [2.75, 3.05) is 6.54 Å². The van der Waals surface area contributed by atoms with Gasteiger partial charge in [0.2, 0.25) is 0 Å². The molecular weight excluding hydrogens is 372 g/mol. The highest BCUT2D eigenvalue weighted by Gasteiger charge is 2.25. The molecule has 1 aliphatic rings. The lowest BCUT2D eigenvalue weighted by molar-refractivity contribution is 0.144. The molecule has 0 saturated carbocycles. The third kappa shape index (κ3) is 2.97. The number of thiophene rings is 1. The smallest absolute Gasteiger partial charge is 0.199 e. The number of nitrogens with zero attached hydrogens (tertiary/aromatic N) is 4. The van der Waals surface area contributed by atoms with E-state index in [1.807, 2.05) is 51.9 Å². The van der Waals surface area contributed by atoms with E-state index in [1.165, 1.54) is 10.4 Å². The molecule has 3 aromatic rings. The summed E-state index contributed by atoms with van der Waals surface area (Å²) in [7, 11) is 1.95. The van der Waals surface area contributed by atoms with Crippen LogP contribution in [0.25, 0.3) is 11.4 Å². The zero-order chi connectivity index (χ0) is 17.6. The fourth-order valence-corrected chi connectivity index (χ4v) is 4.75. The molecule has 0 bridgehead atoms. The fourth-order valence-electron chi connectivity index (χ4n) is 3.38. The first-order valence-electron chi connectivity index (χ1n) is 8.25. The molecule has 0 spiro atoms. The summed E-state index contributed by atoms with van der Waals surface area (Å²) >= 11 is 13.8. The summed E-state index contributed by atoms with van der Waals surface area (Å²) in [6.07, 6.45) is 1.09. The van der Waals surface area contributed by atoms with Gasteiger partial charge in [0.25, 0.3) is 0 Å². The number of halogens is 1. The van der Waals surface area contributed by atoms with E-state index in [9.17, 15) is 0 Å². The Morgan fingerprint density at radius 1 is 1.32 bits per heavy atom. The van der Waals surface area contributed by atoms with E-state index in [-0.39, 0.29) is 0 Å². The summed E-state index contributed by atoms with van der Waals surface area (Å²) < 4.78 is 4.54. The van der Waals surface area contributed by atoms with Crippen LogP contribution in [0.15, 0.2) is 35.7 Å². The van der Waals surface area contributed by atoms with Crippen LogP contribution in [-0.2, 0) is 20.1 Å². The van der Waals surface area contributed by atoms with Crippen molar-refractivity contribution >= 4 is 35.2 Å². The van der Waals surface area contributed by atoms with Crippen LogP contribution >= 0.6 is 35.2 Å². The minimum Gasteiger partial charge on any atom is -0.303 e. The average molecular weight is 391 g/mol. The van der Waals surface area contributed by atoms with Crippen LogP contribution < -0.4 is 0 Å². The Kier molecular flexibility index (Phi) is 4.54. The second kappa shape index (κ2) is 6.68. The number of rotatable bonds is 3. The van der Waals surface area contributed by atoms with E-state index < -0.39 is 0 Å². The van der Waals surface area contributed by atoms with Gasteiger partial charge in [-0.05, 0) is 54.7 Å². The maximum atomic E-state index is 6.35. The van der Waals surface area contributed by atoms with E-state index in [1.54, 1.807) is 0 Å². The van der Waals surface area contributed by atoms with Crippen LogP contribution in [0.4, 0.5) is 0 Å². The molecule has 25 heavy (non-hydrogen) atoms. The Morgan fingerprint density at radius 3 is 2.92 bits per heavy atom. The molecule has 0 fully saturated rings. The van der Waals surface area contributed by atoms with E-state index in [0.717, 1.165) is 24.4 Å². The second-order valence-corrected chi connectivity index (χ2v) is 8.10. The molecule has 0 N–H and O–H groups in total. The predicted octanol–water partition coefficient (Wildman–Crippen LogP) is 4.91. The third-order valence-corrected chi connectivity index (χ3v) is 6.69. The molecule has 7 heteroatoms. The van der Waals surface area contributed by atoms with Crippen molar-refractivity contribution in [3.63, 3.8) is 0 Å². The number of hydrogen-bond acceptors (Lipinski definition) is 4.